The van der Waals surface area contributed by atoms with Crippen molar-refractivity contribution in [2.75, 3.05) is 16.8 Å². The van der Waals surface area contributed by atoms with Crippen molar-refractivity contribution >= 4 is 17.3 Å². The van der Waals surface area contributed by atoms with Gasteiger partial charge in [0.1, 0.15) is 11.6 Å². The van der Waals surface area contributed by atoms with Crippen LogP contribution in [0, 0.1) is 18.3 Å². The van der Waals surface area contributed by atoms with Crippen LogP contribution in [0.3, 0.4) is 0 Å². The number of hydrogen-bond donors (Lipinski definition) is 1. The third kappa shape index (κ3) is 3.24. The Morgan fingerprint density at radius 2 is 2.09 bits per heavy atom. The predicted octanol–water partition coefficient (Wildman–Crippen LogP) is 3.40. The Balaban J connectivity index is 1.80. The number of benzene rings is 2. The molecule has 0 spiro atoms. The Labute approximate surface area is 135 Å². The van der Waals surface area contributed by atoms with Crippen LogP contribution in [0.15, 0.2) is 60.3 Å². The third-order valence-electron chi connectivity index (χ3n) is 3.85. The summed E-state index contributed by atoms with van der Waals surface area (Å²) >= 11 is 0. The maximum Gasteiger partial charge on any atom is 0.267 e. The van der Waals surface area contributed by atoms with Gasteiger partial charge in [0, 0.05) is 24.1 Å². The number of hydrogen-bond acceptors (Lipinski definition) is 3. The second-order valence-corrected chi connectivity index (χ2v) is 5.55. The van der Waals surface area contributed by atoms with Crippen LogP contribution in [0.1, 0.15) is 11.1 Å². The zero-order chi connectivity index (χ0) is 16.2. The number of anilines is 2. The summed E-state index contributed by atoms with van der Waals surface area (Å²) in [4.78, 5) is 14.3. The van der Waals surface area contributed by atoms with Crippen LogP contribution in [-0.4, -0.2) is 12.5 Å². The number of aryl methyl sites for hydroxylation is 1. The lowest BCUT2D eigenvalue weighted by Gasteiger charge is -2.14. The zero-order valence-electron chi connectivity index (χ0n) is 12.9. The van der Waals surface area contributed by atoms with Gasteiger partial charge in [0.2, 0.25) is 0 Å². The summed E-state index contributed by atoms with van der Waals surface area (Å²) < 4.78 is 0. The molecular formula is C19H17N3O. The summed E-state index contributed by atoms with van der Waals surface area (Å²) in [5.41, 5.74) is 4.14. The van der Waals surface area contributed by atoms with Crippen LogP contribution in [0.2, 0.25) is 0 Å². The lowest BCUT2D eigenvalue weighted by atomic mass is 10.2. The molecule has 1 aliphatic rings. The molecule has 0 bridgehead atoms. The fourth-order valence-electron chi connectivity index (χ4n) is 2.71. The summed E-state index contributed by atoms with van der Waals surface area (Å²) in [5, 5.41) is 12.1. The van der Waals surface area contributed by atoms with Crippen LogP contribution in [-0.2, 0) is 11.2 Å². The van der Waals surface area contributed by atoms with Crippen LogP contribution in [0.25, 0.3) is 0 Å². The number of carbonyl (C=O) groups excluding carboxylic acids is 1. The molecular weight excluding hydrogens is 286 g/mol. The van der Waals surface area contributed by atoms with Crippen LogP contribution in [0.4, 0.5) is 11.4 Å². The quantitative estimate of drug-likeness (QED) is 0.698. The van der Waals surface area contributed by atoms with Crippen molar-refractivity contribution in [3.63, 3.8) is 0 Å². The van der Waals surface area contributed by atoms with Gasteiger partial charge in [-0.3, -0.25) is 4.79 Å². The molecule has 1 amide bonds. The first-order chi connectivity index (χ1) is 11.2. The molecule has 0 radical (unpaired) electrons. The van der Waals surface area contributed by atoms with Crippen molar-refractivity contribution in [2.45, 2.75) is 13.3 Å². The molecule has 1 heterocycles. The van der Waals surface area contributed by atoms with E-state index in [0.717, 1.165) is 24.2 Å². The molecule has 0 saturated carbocycles. The van der Waals surface area contributed by atoms with E-state index in [1.54, 1.807) is 6.20 Å². The van der Waals surface area contributed by atoms with E-state index in [1.807, 2.05) is 60.4 Å². The monoisotopic (exact) mass is 303 g/mol. The van der Waals surface area contributed by atoms with E-state index < -0.39 is 0 Å². The summed E-state index contributed by atoms with van der Waals surface area (Å²) in [6, 6.07) is 17.6. The van der Waals surface area contributed by atoms with Crippen LogP contribution >= 0.6 is 0 Å². The van der Waals surface area contributed by atoms with Gasteiger partial charge in [-0.05, 0) is 42.7 Å². The minimum Gasteiger partial charge on any atom is -0.346 e. The highest BCUT2D eigenvalue weighted by molar-refractivity contribution is 6.06. The minimum absolute atomic E-state index is 0.100. The number of nitrogens with one attached hydrogen (secondary N) is 1. The van der Waals surface area contributed by atoms with Gasteiger partial charge in [0.15, 0.2) is 0 Å². The second-order valence-electron chi connectivity index (χ2n) is 5.55. The lowest BCUT2D eigenvalue weighted by molar-refractivity contribution is -0.112. The number of rotatable bonds is 3. The molecule has 0 atom stereocenters. The molecule has 0 saturated heterocycles. The van der Waals surface area contributed by atoms with Gasteiger partial charge < -0.3 is 10.2 Å². The van der Waals surface area contributed by atoms with Crippen molar-refractivity contribution in [2.24, 2.45) is 0 Å². The Morgan fingerprint density at radius 3 is 2.87 bits per heavy atom. The van der Waals surface area contributed by atoms with E-state index in [2.05, 4.69) is 11.4 Å². The van der Waals surface area contributed by atoms with E-state index in [9.17, 15) is 10.1 Å². The smallest absolute Gasteiger partial charge is 0.267 e. The molecule has 114 valence electrons. The molecule has 4 nitrogen and oxygen atoms in total. The van der Waals surface area contributed by atoms with Crippen LogP contribution < -0.4 is 10.2 Å². The average molecular weight is 303 g/mol. The fraction of sp³-hybridized carbons (Fsp3) is 0.158. The molecule has 1 N–H and O–H groups in total. The van der Waals surface area contributed by atoms with Crippen molar-refractivity contribution in [1.82, 2.24) is 0 Å². The Hall–Kier alpha value is -3.06. The van der Waals surface area contributed by atoms with Crippen molar-refractivity contribution in [3.05, 3.63) is 71.4 Å². The highest BCUT2D eigenvalue weighted by Gasteiger charge is 2.19. The first-order valence-corrected chi connectivity index (χ1v) is 7.52. The fourth-order valence-corrected chi connectivity index (χ4v) is 2.71. The summed E-state index contributed by atoms with van der Waals surface area (Å²) in [6.07, 6.45) is 2.56. The number of nitrogens with zero attached hydrogens (tertiary/aromatic N) is 2. The average Bonchev–Trinajstić information content (AvgIpc) is 2.95. The van der Waals surface area contributed by atoms with E-state index in [-0.39, 0.29) is 11.5 Å². The Kier molecular flexibility index (Phi) is 4.11. The maximum atomic E-state index is 12.3. The van der Waals surface area contributed by atoms with Crippen molar-refractivity contribution in [1.29, 1.82) is 5.26 Å². The summed E-state index contributed by atoms with van der Waals surface area (Å²) in [6.45, 7) is 2.74. The molecule has 23 heavy (non-hydrogen) atoms. The lowest BCUT2D eigenvalue weighted by Crippen LogP contribution is -2.19. The highest BCUT2D eigenvalue weighted by atomic mass is 16.1. The maximum absolute atomic E-state index is 12.3. The van der Waals surface area contributed by atoms with Crippen molar-refractivity contribution in [3.8, 4) is 6.07 Å². The van der Waals surface area contributed by atoms with Gasteiger partial charge in [0.25, 0.3) is 5.91 Å². The highest BCUT2D eigenvalue weighted by Crippen LogP contribution is 2.28. The van der Waals surface area contributed by atoms with Gasteiger partial charge >= 0.3 is 0 Å². The Bertz CT molecular complexity index is 817. The summed E-state index contributed by atoms with van der Waals surface area (Å²) in [5.74, 6) is -0.387. The molecule has 0 unspecified atom stereocenters. The first-order valence-electron chi connectivity index (χ1n) is 7.52. The van der Waals surface area contributed by atoms with Gasteiger partial charge in [-0.25, -0.2) is 0 Å². The molecule has 0 aliphatic carbocycles. The number of carbonyl (C=O) groups is 1. The van der Waals surface area contributed by atoms with Gasteiger partial charge in [-0.15, -0.1) is 0 Å². The molecule has 2 aromatic rings. The number of fused-ring (bicyclic) bond motifs is 1. The van der Waals surface area contributed by atoms with E-state index in [1.165, 1.54) is 5.56 Å². The normalized spacial score (nSPS) is 13.4. The molecule has 3 rings (SSSR count). The van der Waals surface area contributed by atoms with Gasteiger partial charge in [-0.1, -0.05) is 30.3 Å². The minimum atomic E-state index is -0.387. The standard InChI is InChI=1S/C19H17N3O/c1-14-5-4-7-17(11-14)21-19(23)16(12-20)13-22-10-9-15-6-2-3-8-18(15)22/h2-8,11,13H,9-10H2,1H3,(H,21,23)/b16-13-. The van der Waals surface area contributed by atoms with E-state index in [4.69, 9.17) is 0 Å². The van der Waals surface area contributed by atoms with Crippen LogP contribution in [0.5, 0.6) is 0 Å². The predicted molar refractivity (Wildman–Crippen MR) is 91.0 cm³/mol. The largest absolute Gasteiger partial charge is 0.346 e. The number of amides is 1. The second kappa shape index (κ2) is 6.37. The molecule has 0 aromatic heterocycles. The molecule has 2 aromatic carbocycles. The summed E-state index contributed by atoms with van der Waals surface area (Å²) in [7, 11) is 0. The molecule has 4 heteroatoms. The van der Waals surface area contributed by atoms with E-state index in [0.29, 0.717) is 5.69 Å². The number of nitriles is 1. The van der Waals surface area contributed by atoms with Gasteiger partial charge in [-0.2, -0.15) is 5.26 Å². The Morgan fingerprint density at radius 1 is 1.26 bits per heavy atom. The zero-order valence-corrected chi connectivity index (χ0v) is 12.9. The van der Waals surface area contributed by atoms with Gasteiger partial charge in [0.05, 0.1) is 0 Å². The third-order valence-corrected chi connectivity index (χ3v) is 3.85. The first kappa shape index (κ1) is 14.9. The topological polar surface area (TPSA) is 56.1 Å². The number of para-hydroxylation sites is 1. The molecule has 0 fully saturated rings. The SMILES string of the molecule is Cc1cccc(NC(=O)/C(C#N)=C\N2CCc3ccccc32)c1. The molecule has 1 aliphatic heterocycles. The van der Waals surface area contributed by atoms with E-state index >= 15 is 0 Å². The van der Waals surface area contributed by atoms with Crippen molar-refractivity contribution < 1.29 is 4.79 Å².